The number of ether oxygens (including phenoxy) is 1. The van der Waals surface area contributed by atoms with E-state index < -0.39 is 0 Å². The second-order valence-electron chi connectivity index (χ2n) is 4.99. The van der Waals surface area contributed by atoms with Crippen LogP contribution in [0, 0.1) is 12.7 Å². The molecule has 2 nitrogen and oxygen atoms in total. The Balaban J connectivity index is 1.99. The normalized spacial score (nSPS) is 21.6. The first-order valence-electron chi connectivity index (χ1n) is 6.42. The van der Waals surface area contributed by atoms with Gasteiger partial charge in [0.15, 0.2) is 0 Å². The molecule has 19 heavy (non-hydrogen) atoms. The Morgan fingerprint density at radius 2 is 1.95 bits per heavy atom. The molecule has 0 saturated carbocycles. The number of hydrogen-bond donors (Lipinski definition) is 1. The Morgan fingerprint density at radius 1 is 1.16 bits per heavy atom. The van der Waals surface area contributed by atoms with Gasteiger partial charge >= 0.3 is 0 Å². The largest absolute Gasteiger partial charge is 0.485 e. The third-order valence-electron chi connectivity index (χ3n) is 3.64. The van der Waals surface area contributed by atoms with Gasteiger partial charge in [0.1, 0.15) is 17.7 Å². The van der Waals surface area contributed by atoms with Crippen LogP contribution < -0.4 is 10.5 Å². The van der Waals surface area contributed by atoms with Gasteiger partial charge in [-0.25, -0.2) is 4.39 Å². The van der Waals surface area contributed by atoms with Crippen LogP contribution in [0.3, 0.4) is 0 Å². The van der Waals surface area contributed by atoms with E-state index in [-0.39, 0.29) is 18.0 Å². The summed E-state index contributed by atoms with van der Waals surface area (Å²) in [4.78, 5) is 0. The average molecular weight is 257 g/mol. The highest BCUT2D eigenvalue weighted by atomic mass is 19.1. The van der Waals surface area contributed by atoms with Gasteiger partial charge in [-0.15, -0.1) is 0 Å². The molecule has 0 amide bonds. The molecule has 0 saturated heterocycles. The molecule has 1 heterocycles. The Bertz CT molecular complexity index is 611. The van der Waals surface area contributed by atoms with Crippen LogP contribution in [0.5, 0.6) is 5.75 Å². The summed E-state index contributed by atoms with van der Waals surface area (Å²) in [6.07, 6.45) is 0.488. The molecule has 0 aliphatic carbocycles. The Labute approximate surface area is 112 Å². The fraction of sp³-hybridized carbons (Fsp3) is 0.250. The lowest BCUT2D eigenvalue weighted by atomic mass is 9.92. The van der Waals surface area contributed by atoms with Crippen molar-refractivity contribution in [2.45, 2.75) is 25.5 Å². The van der Waals surface area contributed by atoms with Gasteiger partial charge in [0.2, 0.25) is 0 Å². The zero-order chi connectivity index (χ0) is 13.4. The van der Waals surface area contributed by atoms with E-state index in [0.717, 1.165) is 22.4 Å². The molecule has 3 heteroatoms. The Morgan fingerprint density at radius 3 is 2.79 bits per heavy atom. The van der Waals surface area contributed by atoms with Gasteiger partial charge in [0.05, 0.1) is 0 Å². The zero-order valence-corrected chi connectivity index (χ0v) is 10.8. The number of benzene rings is 2. The minimum atomic E-state index is -0.239. The third-order valence-corrected chi connectivity index (χ3v) is 3.64. The van der Waals surface area contributed by atoms with Gasteiger partial charge in [-0.1, -0.05) is 24.3 Å². The minimum Gasteiger partial charge on any atom is -0.485 e. The van der Waals surface area contributed by atoms with Crippen LogP contribution in [0.2, 0.25) is 0 Å². The van der Waals surface area contributed by atoms with Crippen molar-refractivity contribution in [1.82, 2.24) is 0 Å². The molecule has 1 aliphatic heterocycles. The van der Waals surface area contributed by atoms with Gasteiger partial charge < -0.3 is 10.5 Å². The van der Waals surface area contributed by atoms with Crippen LogP contribution >= 0.6 is 0 Å². The first-order chi connectivity index (χ1) is 9.15. The summed E-state index contributed by atoms with van der Waals surface area (Å²) < 4.78 is 19.4. The molecule has 2 aromatic carbocycles. The van der Waals surface area contributed by atoms with Gasteiger partial charge in [-0.3, -0.25) is 0 Å². The highest BCUT2D eigenvalue weighted by Crippen LogP contribution is 2.40. The van der Waals surface area contributed by atoms with E-state index in [4.69, 9.17) is 10.5 Å². The number of rotatable bonds is 1. The number of fused-ring (bicyclic) bond motifs is 1. The van der Waals surface area contributed by atoms with Crippen molar-refractivity contribution < 1.29 is 9.13 Å². The number of aryl methyl sites for hydroxylation is 1. The van der Waals surface area contributed by atoms with Gasteiger partial charge in [0.25, 0.3) is 0 Å². The van der Waals surface area contributed by atoms with Crippen LogP contribution in [0.4, 0.5) is 4.39 Å². The van der Waals surface area contributed by atoms with Crippen molar-refractivity contribution in [1.29, 1.82) is 0 Å². The molecule has 1 aliphatic rings. The molecule has 1 unspecified atom stereocenters. The Kier molecular flexibility index (Phi) is 2.99. The molecule has 0 bridgehead atoms. The minimum absolute atomic E-state index is 0.0717. The van der Waals surface area contributed by atoms with E-state index in [9.17, 15) is 4.39 Å². The van der Waals surface area contributed by atoms with Crippen LogP contribution in [0.25, 0.3) is 0 Å². The standard InChI is InChI=1S/C16H16FNO/c1-10-6-7-11(17)8-13(10)16-9-14(18)12-4-2-3-5-15(12)19-16/h2-8,14,16H,9,18H2,1H3/t14-,16?/m1/s1. The lowest BCUT2D eigenvalue weighted by molar-refractivity contribution is 0.160. The monoisotopic (exact) mass is 257 g/mol. The topological polar surface area (TPSA) is 35.2 Å². The molecule has 2 atom stereocenters. The number of halogens is 1. The maximum Gasteiger partial charge on any atom is 0.126 e. The van der Waals surface area contributed by atoms with E-state index in [1.165, 1.54) is 6.07 Å². The van der Waals surface area contributed by atoms with Crippen molar-refractivity contribution in [3.63, 3.8) is 0 Å². The van der Waals surface area contributed by atoms with Crippen molar-refractivity contribution in [3.05, 3.63) is 65.0 Å². The molecule has 3 rings (SSSR count). The summed E-state index contributed by atoms with van der Waals surface area (Å²) in [5.74, 6) is 0.562. The predicted molar refractivity (Wildman–Crippen MR) is 72.5 cm³/mol. The smallest absolute Gasteiger partial charge is 0.126 e. The first kappa shape index (κ1) is 12.2. The summed E-state index contributed by atoms with van der Waals surface area (Å²) in [6.45, 7) is 1.96. The average Bonchev–Trinajstić information content (AvgIpc) is 2.41. The molecule has 98 valence electrons. The van der Waals surface area contributed by atoms with Crippen molar-refractivity contribution in [2.24, 2.45) is 5.73 Å². The van der Waals surface area contributed by atoms with Crippen LogP contribution in [0.15, 0.2) is 42.5 Å². The summed E-state index contributed by atoms with van der Waals surface area (Å²) in [5, 5.41) is 0. The lowest BCUT2D eigenvalue weighted by Crippen LogP contribution is -2.24. The molecule has 0 aromatic heterocycles. The lowest BCUT2D eigenvalue weighted by Gasteiger charge is -2.31. The third kappa shape index (κ3) is 2.22. The van der Waals surface area contributed by atoms with E-state index in [1.807, 2.05) is 31.2 Å². The van der Waals surface area contributed by atoms with Crippen LogP contribution in [-0.4, -0.2) is 0 Å². The molecule has 0 fully saturated rings. The molecule has 0 spiro atoms. The SMILES string of the molecule is Cc1ccc(F)cc1C1C[C@@H](N)c2ccccc2O1. The molecule has 2 aromatic rings. The number of para-hydroxylation sites is 1. The molecule has 0 radical (unpaired) electrons. The summed E-state index contributed by atoms with van der Waals surface area (Å²) in [6, 6.07) is 12.5. The first-order valence-corrected chi connectivity index (χ1v) is 6.42. The van der Waals surface area contributed by atoms with Crippen molar-refractivity contribution >= 4 is 0 Å². The van der Waals surface area contributed by atoms with E-state index in [0.29, 0.717) is 6.42 Å². The summed E-state index contributed by atoms with van der Waals surface area (Å²) >= 11 is 0. The fourth-order valence-corrected chi connectivity index (χ4v) is 2.60. The van der Waals surface area contributed by atoms with Crippen LogP contribution in [-0.2, 0) is 0 Å². The maximum absolute atomic E-state index is 13.4. The molecular formula is C16H16FNO. The van der Waals surface area contributed by atoms with Gasteiger partial charge in [0, 0.05) is 18.0 Å². The number of nitrogens with two attached hydrogens (primary N) is 1. The zero-order valence-electron chi connectivity index (χ0n) is 10.8. The maximum atomic E-state index is 13.4. The predicted octanol–water partition coefficient (Wildman–Crippen LogP) is 3.66. The van der Waals surface area contributed by atoms with Crippen molar-refractivity contribution in [3.8, 4) is 5.75 Å². The second kappa shape index (κ2) is 4.67. The molecule has 2 N–H and O–H groups in total. The summed E-state index contributed by atoms with van der Waals surface area (Å²) in [7, 11) is 0. The highest BCUT2D eigenvalue weighted by molar-refractivity contribution is 5.40. The van der Waals surface area contributed by atoms with E-state index >= 15 is 0 Å². The number of hydrogen-bond acceptors (Lipinski definition) is 2. The highest BCUT2D eigenvalue weighted by Gasteiger charge is 2.27. The quantitative estimate of drug-likeness (QED) is 0.846. The fourth-order valence-electron chi connectivity index (χ4n) is 2.60. The molecular weight excluding hydrogens is 241 g/mol. The van der Waals surface area contributed by atoms with E-state index in [1.54, 1.807) is 12.1 Å². The Hall–Kier alpha value is -1.87. The van der Waals surface area contributed by atoms with Gasteiger partial charge in [-0.05, 0) is 36.2 Å². The van der Waals surface area contributed by atoms with Crippen LogP contribution in [0.1, 0.15) is 35.3 Å². The summed E-state index contributed by atoms with van der Waals surface area (Å²) in [5.41, 5.74) is 9.12. The van der Waals surface area contributed by atoms with E-state index in [2.05, 4.69) is 0 Å². The van der Waals surface area contributed by atoms with Gasteiger partial charge in [-0.2, -0.15) is 0 Å². The van der Waals surface area contributed by atoms with Crippen molar-refractivity contribution in [2.75, 3.05) is 0 Å². The second-order valence-corrected chi connectivity index (χ2v) is 4.99.